The summed E-state index contributed by atoms with van der Waals surface area (Å²) in [4.78, 5) is 24.5. The number of ether oxygens (including phenoxy) is 2. The first-order valence-corrected chi connectivity index (χ1v) is 9.99. The molecule has 0 aliphatic carbocycles. The molecule has 3 rings (SSSR count). The fourth-order valence-corrected chi connectivity index (χ4v) is 3.26. The molecule has 160 valence electrons. The number of benzene rings is 2. The SMILES string of the molecule is COc1ccccc1C(=O)COC(=O)/C=C/c1c(C)nn(Cc2ccc(C)cc2)c1C. The van der Waals surface area contributed by atoms with E-state index in [0.717, 1.165) is 22.5 Å². The predicted octanol–water partition coefficient (Wildman–Crippen LogP) is 4.30. The van der Waals surface area contributed by atoms with Crippen molar-refractivity contribution in [3.8, 4) is 5.75 Å². The van der Waals surface area contributed by atoms with E-state index in [-0.39, 0.29) is 12.4 Å². The van der Waals surface area contributed by atoms with E-state index in [1.54, 1.807) is 30.3 Å². The standard InChI is InChI=1S/C25H26N2O4/c1-17-9-11-20(12-10-17)15-27-19(3)21(18(2)26-27)13-14-25(29)31-16-23(28)22-7-5-6-8-24(22)30-4/h5-14H,15-16H2,1-4H3/b14-13+. The lowest BCUT2D eigenvalue weighted by Gasteiger charge is -2.07. The van der Waals surface area contributed by atoms with E-state index in [2.05, 4.69) is 36.3 Å². The zero-order chi connectivity index (χ0) is 22.4. The van der Waals surface area contributed by atoms with Crippen molar-refractivity contribution in [2.24, 2.45) is 0 Å². The average Bonchev–Trinajstić information content (AvgIpc) is 3.04. The first-order chi connectivity index (χ1) is 14.9. The highest BCUT2D eigenvalue weighted by Gasteiger charge is 2.14. The summed E-state index contributed by atoms with van der Waals surface area (Å²) >= 11 is 0. The van der Waals surface area contributed by atoms with Crippen LogP contribution in [0.25, 0.3) is 6.08 Å². The molecule has 0 atom stereocenters. The Morgan fingerprint density at radius 2 is 1.74 bits per heavy atom. The molecule has 0 spiro atoms. The lowest BCUT2D eigenvalue weighted by atomic mass is 10.1. The molecule has 2 aromatic carbocycles. The van der Waals surface area contributed by atoms with Gasteiger partial charge in [-0.25, -0.2) is 4.79 Å². The third kappa shape index (κ3) is 5.48. The van der Waals surface area contributed by atoms with Gasteiger partial charge in [0.1, 0.15) is 5.75 Å². The number of methoxy groups -OCH3 is 1. The molecule has 0 bridgehead atoms. The van der Waals surface area contributed by atoms with E-state index < -0.39 is 5.97 Å². The molecule has 0 N–H and O–H groups in total. The molecule has 0 saturated carbocycles. The molecule has 0 unspecified atom stereocenters. The van der Waals surface area contributed by atoms with Gasteiger partial charge in [0.05, 0.1) is 24.9 Å². The molecular weight excluding hydrogens is 392 g/mol. The Labute approximate surface area is 182 Å². The maximum atomic E-state index is 12.3. The number of hydrogen-bond acceptors (Lipinski definition) is 5. The summed E-state index contributed by atoms with van der Waals surface area (Å²) in [5, 5.41) is 4.58. The highest BCUT2D eigenvalue weighted by atomic mass is 16.5. The van der Waals surface area contributed by atoms with Gasteiger partial charge in [-0.05, 0) is 44.5 Å². The average molecular weight is 418 g/mol. The molecule has 1 heterocycles. The van der Waals surface area contributed by atoms with Gasteiger partial charge in [0, 0.05) is 17.3 Å². The van der Waals surface area contributed by atoms with Crippen LogP contribution in [0.5, 0.6) is 5.75 Å². The lowest BCUT2D eigenvalue weighted by Crippen LogP contribution is -2.13. The second-order valence-corrected chi connectivity index (χ2v) is 7.29. The highest BCUT2D eigenvalue weighted by Crippen LogP contribution is 2.19. The molecule has 0 saturated heterocycles. The van der Waals surface area contributed by atoms with E-state index >= 15 is 0 Å². The van der Waals surface area contributed by atoms with Gasteiger partial charge >= 0.3 is 5.97 Å². The van der Waals surface area contributed by atoms with Gasteiger partial charge in [-0.3, -0.25) is 9.48 Å². The number of aryl methyl sites for hydroxylation is 2. The van der Waals surface area contributed by atoms with E-state index in [4.69, 9.17) is 9.47 Å². The Balaban J connectivity index is 1.63. The molecule has 0 fully saturated rings. The summed E-state index contributed by atoms with van der Waals surface area (Å²) in [5.41, 5.74) is 5.38. The van der Waals surface area contributed by atoms with Crippen molar-refractivity contribution in [1.29, 1.82) is 0 Å². The minimum Gasteiger partial charge on any atom is -0.496 e. The van der Waals surface area contributed by atoms with E-state index in [1.807, 2.05) is 18.5 Å². The van der Waals surface area contributed by atoms with Crippen LogP contribution in [0.2, 0.25) is 0 Å². The normalized spacial score (nSPS) is 11.0. The second kappa shape index (κ2) is 9.89. The number of hydrogen-bond donors (Lipinski definition) is 0. The lowest BCUT2D eigenvalue weighted by molar-refractivity contribution is -0.136. The smallest absolute Gasteiger partial charge is 0.331 e. The third-order valence-corrected chi connectivity index (χ3v) is 5.03. The van der Waals surface area contributed by atoms with Crippen molar-refractivity contribution in [1.82, 2.24) is 9.78 Å². The quantitative estimate of drug-likeness (QED) is 0.310. The molecule has 6 nitrogen and oxygen atoms in total. The number of Topliss-reactive ketones (excluding diaryl/α,β-unsaturated/α-hetero) is 1. The topological polar surface area (TPSA) is 70.4 Å². The van der Waals surface area contributed by atoms with Crippen molar-refractivity contribution in [3.05, 3.63) is 88.2 Å². The first kappa shape index (κ1) is 22.0. The summed E-state index contributed by atoms with van der Waals surface area (Å²) in [5.74, 6) is -0.461. The molecule has 6 heteroatoms. The van der Waals surface area contributed by atoms with Gasteiger partial charge in [0.25, 0.3) is 0 Å². The van der Waals surface area contributed by atoms with Crippen LogP contribution in [0.3, 0.4) is 0 Å². The van der Waals surface area contributed by atoms with Crippen LogP contribution >= 0.6 is 0 Å². The van der Waals surface area contributed by atoms with Crippen molar-refractivity contribution < 1.29 is 19.1 Å². The van der Waals surface area contributed by atoms with E-state index in [9.17, 15) is 9.59 Å². The Bertz CT molecular complexity index is 1110. The minimum atomic E-state index is -0.590. The Morgan fingerprint density at radius 3 is 2.45 bits per heavy atom. The molecule has 0 aliphatic rings. The molecule has 0 amide bonds. The number of carbonyl (C=O) groups excluding carboxylic acids is 2. The first-order valence-electron chi connectivity index (χ1n) is 9.99. The Hall–Kier alpha value is -3.67. The van der Waals surface area contributed by atoms with Gasteiger partial charge in [-0.15, -0.1) is 0 Å². The molecule has 31 heavy (non-hydrogen) atoms. The van der Waals surface area contributed by atoms with Gasteiger partial charge in [-0.2, -0.15) is 5.10 Å². The Kier molecular flexibility index (Phi) is 7.03. The summed E-state index contributed by atoms with van der Waals surface area (Å²) in [6.45, 7) is 6.21. The summed E-state index contributed by atoms with van der Waals surface area (Å²) in [7, 11) is 1.49. The van der Waals surface area contributed by atoms with Crippen LogP contribution in [-0.2, 0) is 16.1 Å². The van der Waals surface area contributed by atoms with Gasteiger partial charge in [0.2, 0.25) is 5.78 Å². The van der Waals surface area contributed by atoms with E-state index in [0.29, 0.717) is 17.9 Å². The molecule has 3 aromatic rings. The molecule has 0 radical (unpaired) electrons. The molecule has 0 aliphatic heterocycles. The van der Waals surface area contributed by atoms with Crippen LogP contribution < -0.4 is 4.74 Å². The zero-order valence-corrected chi connectivity index (χ0v) is 18.2. The number of para-hydroxylation sites is 1. The number of carbonyl (C=O) groups is 2. The van der Waals surface area contributed by atoms with Crippen LogP contribution in [0.4, 0.5) is 0 Å². The van der Waals surface area contributed by atoms with E-state index in [1.165, 1.54) is 18.7 Å². The maximum Gasteiger partial charge on any atom is 0.331 e. The zero-order valence-electron chi connectivity index (χ0n) is 18.2. The number of esters is 1. The molecule has 1 aromatic heterocycles. The van der Waals surface area contributed by atoms with Gasteiger partial charge in [-0.1, -0.05) is 42.0 Å². The molecular formula is C25H26N2O4. The second-order valence-electron chi connectivity index (χ2n) is 7.29. The largest absolute Gasteiger partial charge is 0.496 e. The van der Waals surface area contributed by atoms with Crippen molar-refractivity contribution in [2.75, 3.05) is 13.7 Å². The van der Waals surface area contributed by atoms with Crippen LogP contribution in [0.1, 0.15) is 38.4 Å². The van der Waals surface area contributed by atoms with Gasteiger partial charge in [0.15, 0.2) is 6.61 Å². The predicted molar refractivity (Wildman–Crippen MR) is 119 cm³/mol. The monoisotopic (exact) mass is 418 g/mol. The number of ketones is 1. The Morgan fingerprint density at radius 1 is 1.03 bits per heavy atom. The third-order valence-electron chi connectivity index (χ3n) is 5.03. The van der Waals surface area contributed by atoms with Crippen LogP contribution in [0.15, 0.2) is 54.6 Å². The number of aromatic nitrogens is 2. The summed E-state index contributed by atoms with van der Waals surface area (Å²) < 4.78 is 12.2. The number of rotatable bonds is 8. The highest BCUT2D eigenvalue weighted by molar-refractivity contribution is 6.01. The van der Waals surface area contributed by atoms with Crippen LogP contribution in [0, 0.1) is 20.8 Å². The van der Waals surface area contributed by atoms with Crippen molar-refractivity contribution in [2.45, 2.75) is 27.3 Å². The fourth-order valence-electron chi connectivity index (χ4n) is 3.26. The summed E-state index contributed by atoms with van der Waals surface area (Å²) in [6.07, 6.45) is 3.00. The number of nitrogens with zero attached hydrogens (tertiary/aromatic N) is 2. The van der Waals surface area contributed by atoms with Gasteiger partial charge < -0.3 is 9.47 Å². The minimum absolute atomic E-state index is 0.322. The van der Waals surface area contributed by atoms with Crippen LogP contribution in [-0.4, -0.2) is 35.2 Å². The fraction of sp³-hybridized carbons (Fsp3) is 0.240. The maximum absolute atomic E-state index is 12.3. The van der Waals surface area contributed by atoms with Crippen molar-refractivity contribution in [3.63, 3.8) is 0 Å². The summed E-state index contributed by atoms with van der Waals surface area (Å²) in [6, 6.07) is 15.1. The van der Waals surface area contributed by atoms with Crippen molar-refractivity contribution >= 4 is 17.8 Å².